The number of hydrogen-bond acceptors (Lipinski definition) is 6. The Balaban J connectivity index is 1.79. The molecule has 0 saturated heterocycles. The van der Waals surface area contributed by atoms with E-state index in [1.165, 1.54) is 0 Å². The molecule has 3 aromatic rings. The fourth-order valence-electron chi connectivity index (χ4n) is 4.38. The maximum Gasteiger partial charge on any atom is 0.256 e. The SMILES string of the molecule is CCCc1nc(C)c(C)c(=O)n1Cc1c2ccocc-2c(Br)c1-c1ccccc1-c1nnn[nH]1. The third-order valence-corrected chi connectivity index (χ3v) is 7.00. The number of H-pyrrole nitrogens is 1. The van der Waals surface area contributed by atoms with E-state index in [-0.39, 0.29) is 5.56 Å². The van der Waals surface area contributed by atoms with E-state index in [1.807, 2.05) is 44.2 Å². The van der Waals surface area contributed by atoms with Crippen LogP contribution in [0.4, 0.5) is 0 Å². The normalized spacial score (nSPS) is 11.4. The predicted octanol–water partition coefficient (Wildman–Crippen LogP) is 5.17. The maximum atomic E-state index is 13.4. The molecule has 0 saturated carbocycles. The zero-order chi connectivity index (χ0) is 23.8. The van der Waals surface area contributed by atoms with E-state index in [2.05, 4.69) is 43.5 Å². The molecule has 5 rings (SSSR count). The molecule has 0 amide bonds. The van der Waals surface area contributed by atoms with Crippen LogP contribution in [0.3, 0.4) is 0 Å². The van der Waals surface area contributed by atoms with E-state index in [4.69, 9.17) is 9.40 Å². The summed E-state index contributed by atoms with van der Waals surface area (Å²) < 4.78 is 8.20. The van der Waals surface area contributed by atoms with Crippen LogP contribution >= 0.6 is 15.9 Å². The van der Waals surface area contributed by atoms with Gasteiger partial charge in [0.15, 0.2) is 5.82 Å². The number of benzene rings is 1. The molecule has 0 fully saturated rings. The van der Waals surface area contributed by atoms with Crippen LogP contribution in [0.2, 0.25) is 0 Å². The minimum Gasteiger partial charge on any atom is -0.472 e. The van der Waals surface area contributed by atoms with Crippen molar-refractivity contribution in [2.24, 2.45) is 0 Å². The minimum absolute atomic E-state index is 0.0132. The van der Waals surface area contributed by atoms with Crippen LogP contribution in [-0.2, 0) is 13.0 Å². The summed E-state index contributed by atoms with van der Waals surface area (Å²) in [6.45, 7) is 6.20. The molecule has 3 heterocycles. The highest BCUT2D eigenvalue weighted by molar-refractivity contribution is 9.10. The van der Waals surface area contributed by atoms with Gasteiger partial charge >= 0.3 is 0 Å². The standard InChI is InChI=1S/C25H23BrN6O2/c1-4-7-21-27-15(3)14(2)25(33)32(21)12-19-16-10-11-34-13-20(16)23(26)22(19)17-8-5-6-9-18(17)24-28-30-31-29-24/h5-6,8-11,13H,4,7,12H2,1-3H3,(H,28,29,30,31). The Kier molecular flexibility index (Phi) is 5.87. The van der Waals surface area contributed by atoms with Crippen molar-refractivity contribution in [3.05, 3.63) is 80.3 Å². The van der Waals surface area contributed by atoms with Crippen LogP contribution in [0.5, 0.6) is 0 Å². The monoisotopic (exact) mass is 518 g/mol. The molecule has 2 aliphatic rings. The Labute approximate surface area is 204 Å². The van der Waals surface area contributed by atoms with Crippen LogP contribution < -0.4 is 5.56 Å². The van der Waals surface area contributed by atoms with Crippen molar-refractivity contribution < 1.29 is 4.42 Å². The summed E-state index contributed by atoms with van der Waals surface area (Å²) in [5.74, 6) is 1.36. The first-order valence-corrected chi connectivity index (χ1v) is 11.9. The lowest BCUT2D eigenvalue weighted by atomic mass is 9.97. The lowest BCUT2D eigenvalue weighted by Crippen LogP contribution is -2.29. The Morgan fingerprint density at radius 3 is 2.62 bits per heavy atom. The van der Waals surface area contributed by atoms with Crippen LogP contribution in [0.25, 0.3) is 33.6 Å². The van der Waals surface area contributed by atoms with E-state index in [9.17, 15) is 4.79 Å². The molecule has 1 N–H and O–H groups in total. The van der Waals surface area contributed by atoms with Gasteiger partial charge in [-0.15, -0.1) is 5.10 Å². The summed E-state index contributed by atoms with van der Waals surface area (Å²) in [4.78, 5) is 18.2. The number of aryl methyl sites for hydroxylation is 2. The Hall–Kier alpha value is -3.59. The van der Waals surface area contributed by atoms with Gasteiger partial charge in [0.1, 0.15) is 5.82 Å². The van der Waals surface area contributed by atoms with E-state index >= 15 is 0 Å². The number of hydrogen-bond donors (Lipinski definition) is 1. The predicted molar refractivity (Wildman–Crippen MR) is 133 cm³/mol. The molecule has 0 unspecified atom stereocenters. The second-order valence-corrected chi connectivity index (χ2v) is 9.02. The lowest BCUT2D eigenvalue weighted by Gasteiger charge is -2.17. The highest BCUT2D eigenvalue weighted by Crippen LogP contribution is 2.48. The van der Waals surface area contributed by atoms with E-state index < -0.39 is 0 Å². The molecule has 2 aromatic heterocycles. The zero-order valence-electron chi connectivity index (χ0n) is 19.1. The summed E-state index contributed by atoms with van der Waals surface area (Å²) in [5, 5.41) is 14.5. The molecule has 0 spiro atoms. The molecule has 1 aliphatic heterocycles. The smallest absolute Gasteiger partial charge is 0.256 e. The average Bonchev–Trinajstić information content (AvgIpc) is 3.48. The number of aromatic nitrogens is 6. The number of rotatable bonds is 6. The van der Waals surface area contributed by atoms with Gasteiger partial charge < -0.3 is 4.42 Å². The van der Waals surface area contributed by atoms with Gasteiger partial charge in [0.05, 0.1) is 19.1 Å². The zero-order valence-corrected chi connectivity index (χ0v) is 20.7. The van der Waals surface area contributed by atoms with E-state index in [0.29, 0.717) is 17.9 Å². The van der Waals surface area contributed by atoms with Crippen molar-refractivity contribution in [1.29, 1.82) is 0 Å². The van der Waals surface area contributed by atoms with Crippen molar-refractivity contribution in [3.8, 4) is 33.6 Å². The van der Waals surface area contributed by atoms with Crippen LogP contribution in [0.15, 0.2) is 56.5 Å². The quantitative estimate of drug-likeness (QED) is 0.332. The molecule has 0 bridgehead atoms. The second-order valence-electron chi connectivity index (χ2n) is 8.23. The third-order valence-electron chi connectivity index (χ3n) is 6.18. The number of fused-ring (bicyclic) bond motifs is 1. The van der Waals surface area contributed by atoms with Crippen molar-refractivity contribution in [2.75, 3.05) is 0 Å². The number of aromatic amines is 1. The Morgan fingerprint density at radius 2 is 1.88 bits per heavy atom. The van der Waals surface area contributed by atoms with Gasteiger partial charge in [-0.2, -0.15) is 0 Å². The topological polar surface area (TPSA) is 102 Å². The number of halogens is 1. The second kappa shape index (κ2) is 8.98. The van der Waals surface area contributed by atoms with Crippen molar-refractivity contribution in [1.82, 2.24) is 30.2 Å². The van der Waals surface area contributed by atoms with Gasteiger partial charge in [-0.3, -0.25) is 9.36 Å². The Morgan fingerprint density at radius 1 is 1.09 bits per heavy atom. The number of nitrogens with zero attached hydrogens (tertiary/aromatic N) is 5. The van der Waals surface area contributed by atoms with Crippen molar-refractivity contribution >= 4 is 15.9 Å². The first-order valence-electron chi connectivity index (χ1n) is 11.1. The lowest BCUT2D eigenvalue weighted by molar-refractivity contribution is 0.551. The molecule has 0 radical (unpaired) electrons. The molecule has 34 heavy (non-hydrogen) atoms. The summed E-state index contributed by atoms with van der Waals surface area (Å²) in [6, 6.07) is 9.88. The molecule has 0 atom stereocenters. The number of nitrogens with one attached hydrogen (secondary N) is 1. The Bertz CT molecular complexity index is 1500. The fourth-order valence-corrected chi connectivity index (χ4v) is 5.14. The third kappa shape index (κ3) is 3.66. The molecule has 1 aromatic carbocycles. The highest BCUT2D eigenvalue weighted by Gasteiger charge is 2.27. The minimum atomic E-state index is -0.0132. The van der Waals surface area contributed by atoms with Crippen molar-refractivity contribution in [2.45, 2.75) is 40.2 Å². The van der Waals surface area contributed by atoms with Crippen LogP contribution in [0, 0.1) is 13.8 Å². The van der Waals surface area contributed by atoms with E-state index in [1.54, 1.807) is 17.1 Å². The van der Waals surface area contributed by atoms with Crippen LogP contribution in [-0.4, -0.2) is 30.2 Å². The van der Waals surface area contributed by atoms with Gasteiger partial charge in [0, 0.05) is 38.8 Å². The van der Waals surface area contributed by atoms with Gasteiger partial charge in [-0.1, -0.05) is 31.2 Å². The summed E-state index contributed by atoms with van der Waals surface area (Å²) in [5.41, 5.74) is 7.15. The summed E-state index contributed by atoms with van der Waals surface area (Å²) in [7, 11) is 0. The highest BCUT2D eigenvalue weighted by atomic mass is 79.9. The van der Waals surface area contributed by atoms with Gasteiger partial charge in [0.2, 0.25) is 0 Å². The van der Waals surface area contributed by atoms with Gasteiger partial charge in [-0.05, 0) is 69.4 Å². The van der Waals surface area contributed by atoms with Gasteiger partial charge in [-0.25, -0.2) is 10.1 Å². The summed E-state index contributed by atoms with van der Waals surface area (Å²) in [6.07, 6.45) is 5.00. The van der Waals surface area contributed by atoms with E-state index in [0.717, 1.165) is 62.2 Å². The first-order chi connectivity index (χ1) is 16.5. The fraction of sp³-hybridized carbons (Fsp3) is 0.240. The molecule has 8 nitrogen and oxygen atoms in total. The molecule has 172 valence electrons. The molecule has 1 aliphatic carbocycles. The van der Waals surface area contributed by atoms with Crippen molar-refractivity contribution in [3.63, 3.8) is 0 Å². The molecular formula is C25H23BrN6O2. The average molecular weight is 519 g/mol. The molecule has 9 heteroatoms. The maximum absolute atomic E-state index is 13.4. The number of tetrazole rings is 1. The molecular weight excluding hydrogens is 496 g/mol. The van der Waals surface area contributed by atoms with Crippen LogP contribution in [0.1, 0.15) is 36.0 Å². The first kappa shape index (κ1) is 22.2. The summed E-state index contributed by atoms with van der Waals surface area (Å²) >= 11 is 3.82. The largest absolute Gasteiger partial charge is 0.472 e. The van der Waals surface area contributed by atoms with Gasteiger partial charge in [0.25, 0.3) is 5.56 Å².